The predicted molar refractivity (Wildman–Crippen MR) is 65.2 cm³/mol. The largest absolute Gasteiger partial charge is 0.391 e. The number of benzene rings is 1. The molecule has 0 saturated carbocycles. The monoisotopic (exact) mass is 301 g/mol. The molecule has 5 heteroatoms. The maximum Gasteiger partial charge on any atom is 0.257 e. The lowest BCUT2D eigenvalue weighted by atomic mass is 10.1. The van der Waals surface area contributed by atoms with E-state index in [1.165, 1.54) is 11.0 Å². The first-order valence-electron chi connectivity index (χ1n) is 5.43. The number of aliphatic hydroxyl groups is 1. The van der Waals surface area contributed by atoms with E-state index >= 15 is 0 Å². The summed E-state index contributed by atoms with van der Waals surface area (Å²) >= 11 is 3.05. The molecular formula is C12H13BrFNO2. The molecule has 1 saturated heterocycles. The van der Waals surface area contributed by atoms with Crippen LogP contribution in [0.1, 0.15) is 23.7 Å². The molecule has 3 nitrogen and oxygen atoms in total. The van der Waals surface area contributed by atoms with E-state index in [0.717, 1.165) is 0 Å². The minimum absolute atomic E-state index is 0.0420. The van der Waals surface area contributed by atoms with E-state index in [9.17, 15) is 14.3 Å². The van der Waals surface area contributed by atoms with Crippen LogP contribution >= 0.6 is 15.9 Å². The van der Waals surface area contributed by atoms with Gasteiger partial charge in [0.05, 0.1) is 16.1 Å². The highest BCUT2D eigenvalue weighted by Crippen LogP contribution is 2.24. The number of carbonyl (C=O) groups is 1. The highest BCUT2D eigenvalue weighted by atomic mass is 79.9. The van der Waals surface area contributed by atoms with E-state index in [1.807, 2.05) is 6.92 Å². The minimum Gasteiger partial charge on any atom is -0.391 e. The highest BCUT2D eigenvalue weighted by Gasteiger charge is 2.32. The Labute approximate surface area is 107 Å². The molecule has 1 heterocycles. The van der Waals surface area contributed by atoms with Gasteiger partial charge in [-0.05, 0) is 41.4 Å². The Kier molecular flexibility index (Phi) is 3.49. The zero-order chi connectivity index (χ0) is 12.6. The van der Waals surface area contributed by atoms with Crippen LogP contribution in [0.25, 0.3) is 0 Å². The van der Waals surface area contributed by atoms with Crippen LogP contribution in [-0.4, -0.2) is 34.6 Å². The number of nitrogens with zero attached hydrogens (tertiary/aromatic N) is 1. The third-order valence-corrected chi connectivity index (χ3v) is 3.61. The Morgan fingerprint density at radius 3 is 2.88 bits per heavy atom. The summed E-state index contributed by atoms with van der Waals surface area (Å²) in [6, 6.07) is 4.57. The maximum atomic E-state index is 13.8. The van der Waals surface area contributed by atoms with Crippen molar-refractivity contribution in [2.24, 2.45) is 0 Å². The zero-order valence-corrected chi connectivity index (χ0v) is 10.9. The van der Waals surface area contributed by atoms with Gasteiger partial charge in [-0.25, -0.2) is 4.39 Å². The van der Waals surface area contributed by atoms with Crippen LogP contribution in [-0.2, 0) is 0 Å². The number of halogens is 2. The van der Waals surface area contributed by atoms with Crippen LogP contribution in [0.3, 0.4) is 0 Å². The van der Waals surface area contributed by atoms with Crippen molar-refractivity contribution in [3.8, 4) is 0 Å². The molecule has 2 atom stereocenters. The normalized spacial score (nSPS) is 24.1. The van der Waals surface area contributed by atoms with Crippen molar-refractivity contribution in [2.45, 2.75) is 25.5 Å². The lowest BCUT2D eigenvalue weighted by molar-refractivity contribution is 0.0721. The Balaban J connectivity index is 2.29. The van der Waals surface area contributed by atoms with Crippen molar-refractivity contribution < 1.29 is 14.3 Å². The van der Waals surface area contributed by atoms with Gasteiger partial charge in [0.1, 0.15) is 5.82 Å². The summed E-state index contributed by atoms with van der Waals surface area (Å²) in [4.78, 5) is 13.6. The maximum absolute atomic E-state index is 13.8. The van der Waals surface area contributed by atoms with Crippen molar-refractivity contribution in [3.63, 3.8) is 0 Å². The summed E-state index contributed by atoms with van der Waals surface area (Å²) < 4.78 is 14.0. The number of rotatable bonds is 1. The van der Waals surface area contributed by atoms with Gasteiger partial charge in [-0.3, -0.25) is 4.79 Å². The SMILES string of the molecule is CC1CC(O)CN1C(=O)c1cccc(Br)c1F. The van der Waals surface area contributed by atoms with Gasteiger partial charge in [-0.2, -0.15) is 0 Å². The van der Waals surface area contributed by atoms with E-state index in [0.29, 0.717) is 6.42 Å². The van der Waals surface area contributed by atoms with Gasteiger partial charge in [0, 0.05) is 12.6 Å². The molecule has 1 fully saturated rings. The fraction of sp³-hybridized carbons (Fsp3) is 0.417. The molecule has 0 aromatic heterocycles. The summed E-state index contributed by atoms with van der Waals surface area (Å²) in [6.45, 7) is 2.12. The van der Waals surface area contributed by atoms with Crippen LogP contribution in [0.2, 0.25) is 0 Å². The first kappa shape index (κ1) is 12.5. The van der Waals surface area contributed by atoms with Gasteiger partial charge in [0.2, 0.25) is 0 Å². The molecule has 2 rings (SSSR count). The molecule has 1 aromatic rings. The fourth-order valence-electron chi connectivity index (χ4n) is 2.11. The number of hydrogen-bond acceptors (Lipinski definition) is 2. The Bertz CT molecular complexity index is 452. The quantitative estimate of drug-likeness (QED) is 0.864. The molecule has 0 aliphatic carbocycles. The molecule has 1 aliphatic rings. The second-order valence-electron chi connectivity index (χ2n) is 4.30. The van der Waals surface area contributed by atoms with Crippen LogP contribution in [0, 0.1) is 5.82 Å². The second kappa shape index (κ2) is 4.74. The van der Waals surface area contributed by atoms with Crippen LogP contribution in [0.5, 0.6) is 0 Å². The standard InChI is InChI=1S/C12H13BrFNO2/c1-7-5-8(16)6-15(7)12(17)9-3-2-4-10(13)11(9)14/h2-4,7-8,16H,5-6H2,1H3. The van der Waals surface area contributed by atoms with E-state index in [2.05, 4.69) is 15.9 Å². The van der Waals surface area contributed by atoms with Gasteiger partial charge in [-0.15, -0.1) is 0 Å². The van der Waals surface area contributed by atoms with E-state index in [-0.39, 0.29) is 28.5 Å². The molecule has 0 radical (unpaired) electrons. The van der Waals surface area contributed by atoms with Crippen LogP contribution < -0.4 is 0 Å². The highest BCUT2D eigenvalue weighted by molar-refractivity contribution is 9.10. The van der Waals surface area contributed by atoms with Gasteiger partial charge in [0.25, 0.3) is 5.91 Å². The molecule has 1 N–H and O–H groups in total. The Morgan fingerprint density at radius 1 is 1.59 bits per heavy atom. The first-order valence-corrected chi connectivity index (χ1v) is 6.23. The average Bonchev–Trinajstić information content (AvgIpc) is 2.61. The molecule has 92 valence electrons. The van der Waals surface area contributed by atoms with Crippen molar-refractivity contribution in [1.82, 2.24) is 4.90 Å². The average molecular weight is 302 g/mol. The van der Waals surface area contributed by atoms with Crippen LogP contribution in [0.4, 0.5) is 4.39 Å². The second-order valence-corrected chi connectivity index (χ2v) is 5.15. The van der Waals surface area contributed by atoms with Crippen molar-refractivity contribution in [3.05, 3.63) is 34.1 Å². The number of carbonyl (C=O) groups excluding carboxylic acids is 1. The number of amides is 1. The number of hydrogen-bond donors (Lipinski definition) is 1. The van der Waals surface area contributed by atoms with E-state index in [1.54, 1.807) is 12.1 Å². The molecule has 17 heavy (non-hydrogen) atoms. The van der Waals surface area contributed by atoms with E-state index in [4.69, 9.17) is 0 Å². The fourth-order valence-corrected chi connectivity index (χ4v) is 2.48. The Hall–Kier alpha value is -0.940. The van der Waals surface area contributed by atoms with Gasteiger partial charge < -0.3 is 10.0 Å². The molecule has 2 unspecified atom stereocenters. The Morgan fingerprint density at radius 2 is 2.29 bits per heavy atom. The molecule has 1 aromatic carbocycles. The smallest absolute Gasteiger partial charge is 0.257 e. The molecule has 1 aliphatic heterocycles. The minimum atomic E-state index is -0.550. The first-order chi connectivity index (χ1) is 8.00. The van der Waals surface area contributed by atoms with Crippen molar-refractivity contribution in [1.29, 1.82) is 0 Å². The summed E-state index contributed by atoms with van der Waals surface area (Å²) in [5, 5.41) is 9.49. The lowest BCUT2D eigenvalue weighted by Crippen LogP contribution is -2.35. The van der Waals surface area contributed by atoms with Crippen LogP contribution in [0.15, 0.2) is 22.7 Å². The topological polar surface area (TPSA) is 40.5 Å². The number of likely N-dealkylation sites (tertiary alicyclic amines) is 1. The lowest BCUT2D eigenvalue weighted by Gasteiger charge is -2.21. The number of aliphatic hydroxyl groups excluding tert-OH is 1. The summed E-state index contributed by atoms with van der Waals surface area (Å²) in [6.07, 6.45) is 0.0330. The summed E-state index contributed by atoms with van der Waals surface area (Å²) in [7, 11) is 0. The van der Waals surface area contributed by atoms with Gasteiger partial charge in [0.15, 0.2) is 0 Å². The molecule has 0 bridgehead atoms. The van der Waals surface area contributed by atoms with Crippen molar-refractivity contribution >= 4 is 21.8 Å². The van der Waals surface area contributed by atoms with Gasteiger partial charge >= 0.3 is 0 Å². The third kappa shape index (κ3) is 2.35. The predicted octanol–water partition coefficient (Wildman–Crippen LogP) is 2.18. The molecule has 0 spiro atoms. The number of β-amino-alcohol motifs (C(OH)–C–C–N with tert-alkyl or cyclic N) is 1. The summed E-state index contributed by atoms with van der Waals surface area (Å²) in [5.74, 6) is -0.918. The molecular weight excluding hydrogens is 289 g/mol. The zero-order valence-electron chi connectivity index (χ0n) is 9.36. The molecule has 1 amide bonds. The van der Waals surface area contributed by atoms with E-state index < -0.39 is 11.9 Å². The van der Waals surface area contributed by atoms with Gasteiger partial charge in [-0.1, -0.05) is 6.07 Å². The third-order valence-electron chi connectivity index (χ3n) is 3.00. The summed E-state index contributed by atoms with van der Waals surface area (Å²) in [5.41, 5.74) is 0.0420. The van der Waals surface area contributed by atoms with Crippen molar-refractivity contribution in [2.75, 3.05) is 6.54 Å².